The van der Waals surface area contributed by atoms with Crippen LogP contribution in [0.15, 0.2) is 23.8 Å². The minimum atomic E-state index is -0.403. The van der Waals surface area contributed by atoms with Crippen LogP contribution in [0.5, 0.6) is 0 Å². The molecule has 1 fully saturated rings. The molecule has 0 saturated heterocycles. The lowest BCUT2D eigenvalue weighted by Crippen LogP contribution is -2.21. The molecule has 0 aromatic rings. The molecular formula is C20H33NO3. The minimum Gasteiger partial charge on any atom is -0.392 e. The fourth-order valence-electron chi connectivity index (χ4n) is 4.04. The first kappa shape index (κ1) is 19.2. The predicted molar refractivity (Wildman–Crippen MR) is 96.4 cm³/mol. The Morgan fingerprint density at radius 3 is 2.83 bits per heavy atom. The lowest BCUT2D eigenvalue weighted by atomic mass is 9.88. The molecule has 5 atom stereocenters. The molecule has 4 heteroatoms. The zero-order valence-electron chi connectivity index (χ0n) is 15.3. The molecule has 0 aliphatic heterocycles. The summed E-state index contributed by atoms with van der Waals surface area (Å²) in [4.78, 5) is 13.2. The molecule has 136 valence electrons. The van der Waals surface area contributed by atoms with Gasteiger partial charge in [0, 0.05) is 26.4 Å². The molecule has 1 saturated carbocycles. The SMILES string of the molecule is CC[C@@H](O)C=C[C@@H]1[C@H]2CC(CCCCC(=O)N(C)C)=C[C@H]2C[C@H]1O. The second-order valence-electron chi connectivity index (χ2n) is 7.59. The molecule has 0 aromatic heterocycles. The van der Waals surface area contributed by atoms with Gasteiger partial charge in [-0.25, -0.2) is 0 Å². The van der Waals surface area contributed by atoms with Crippen LogP contribution in [0, 0.1) is 17.8 Å². The zero-order valence-corrected chi connectivity index (χ0v) is 15.3. The van der Waals surface area contributed by atoms with Crippen LogP contribution in [0.25, 0.3) is 0 Å². The molecule has 0 radical (unpaired) electrons. The fourth-order valence-corrected chi connectivity index (χ4v) is 4.04. The van der Waals surface area contributed by atoms with Crippen LogP contribution in [0.2, 0.25) is 0 Å². The maximum atomic E-state index is 11.6. The van der Waals surface area contributed by atoms with Crippen LogP contribution in [0.3, 0.4) is 0 Å². The van der Waals surface area contributed by atoms with Crippen molar-refractivity contribution in [2.45, 2.75) is 64.1 Å². The normalized spacial score (nSPS) is 30.5. The highest BCUT2D eigenvalue weighted by Crippen LogP contribution is 2.48. The molecule has 0 spiro atoms. The number of unbranched alkanes of at least 4 members (excludes halogenated alkanes) is 1. The van der Waals surface area contributed by atoms with Crippen molar-refractivity contribution in [3.8, 4) is 0 Å². The van der Waals surface area contributed by atoms with Crippen molar-refractivity contribution in [3.63, 3.8) is 0 Å². The second-order valence-corrected chi connectivity index (χ2v) is 7.59. The Kier molecular flexibility index (Phi) is 7.05. The van der Waals surface area contributed by atoms with Crippen molar-refractivity contribution in [1.29, 1.82) is 0 Å². The van der Waals surface area contributed by atoms with Gasteiger partial charge < -0.3 is 15.1 Å². The number of aliphatic hydroxyl groups excluding tert-OH is 2. The van der Waals surface area contributed by atoms with Crippen molar-refractivity contribution >= 4 is 5.91 Å². The summed E-state index contributed by atoms with van der Waals surface area (Å²) in [6.07, 6.45) is 11.9. The smallest absolute Gasteiger partial charge is 0.222 e. The fraction of sp³-hybridized carbons (Fsp3) is 0.750. The summed E-state index contributed by atoms with van der Waals surface area (Å²) >= 11 is 0. The average molecular weight is 335 g/mol. The molecular weight excluding hydrogens is 302 g/mol. The van der Waals surface area contributed by atoms with Crippen LogP contribution in [-0.2, 0) is 4.79 Å². The molecule has 0 bridgehead atoms. The van der Waals surface area contributed by atoms with E-state index in [0.29, 0.717) is 24.7 Å². The van der Waals surface area contributed by atoms with Gasteiger partial charge in [0.05, 0.1) is 12.2 Å². The number of aliphatic hydroxyl groups is 2. The number of nitrogens with zero attached hydrogens (tertiary/aromatic N) is 1. The van der Waals surface area contributed by atoms with E-state index in [2.05, 4.69) is 6.08 Å². The summed E-state index contributed by atoms with van der Waals surface area (Å²) in [5.41, 5.74) is 1.49. The zero-order chi connectivity index (χ0) is 17.7. The quantitative estimate of drug-likeness (QED) is 0.530. The highest BCUT2D eigenvalue weighted by molar-refractivity contribution is 5.75. The molecule has 2 aliphatic rings. The van der Waals surface area contributed by atoms with Crippen LogP contribution >= 0.6 is 0 Å². The van der Waals surface area contributed by atoms with Gasteiger partial charge in [-0.1, -0.05) is 30.7 Å². The topological polar surface area (TPSA) is 60.8 Å². The number of rotatable bonds is 8. The van der Waals surface area contributed by atoms with Crippen molar-refractivity contribution in [1.82, 2.24) is 4.90 Å². The lowest BCUT2D eigenvalue weighted by molar-refractivity contribution is -0.128. The first-order valence-electron chi connectivity index (χ1n) is 9.36. The summed E-state index contributed by atoms with van der Waals surface area (Å²) in [7, 11) is 3.61. The molecule has 2 aliphatic carbocycles. The first-order chi connectivity index (χ1) is 11.4. The highest BCUT2D eigenvalue weighted by atomic mass is 16.3. The molecule has 1 amide bonds. The largest absolute Gasteiger partial charge is 0.392 e. The number of carbonyl (C=O) groups is 1. The van der Waals surface area contributed by atoms with E-state index in [1.165, 1.54) is 5.57 Å². The molecule has 24 heavy (non-hydrogen) atoms. The Hall–Kier alpha value is -1.13. The van der Waals surface area contributed by atoms with Gasteiger partial charge in [0.15, 0.2) is 0 Å². The molecule has 0 aromatic carbocycles. The Morgan fingerprint density at radius 2 is 2.17 bits per heavy atom. The van der Waals surface area contributed by atoms with E-state index in [1.807, 2.05) is 19.1 Å². The highest BCUT2D eigenvalue weighted by Gasteiger charge is 2.43. The van der Waals surface area contributed by atoms with Gasteiger partial charge in [-0.15, -0.1) is 0 Å². The Morgan fingerprint density at radius 1 is 1.42 bits per heavy atom. The maximum absolute atomic E-state index is 11.6. The summed E-state index contributed by atoms with van der Waals surface area (Å²) < 4.78 is 0. The van der Waals surface area contributed by atoms with E-state index in [-0.39, 0.29) is 17.9 Å². The predicted octanol–water partition coefficient (Wildman–Crippen LogP) is 2.91. The first-order valence-corrected chi connectivity index (χ1v) is 9.36. The number of fused-ring (bicyclic) bond motifs is 1. The number of carbonyl (C=O) groups excluding carboxylic acids is 1. The summed E-state index contributed by atoms with van der Waals surface area (Å²) in [6, 6.07) is 0. The Labute approximate surface area is 146 Å². The summed E-state index contributed by atoms with van der Waals surface area (Å²) in [5, 5.41) is 20.0. The van der Waals surface area contributed by atoms with Gasteiger partial charge in [-0.2, -0.15) is 0 Å². The monoisotopic (exact) mass is 335 g/mol. The standard InChI is InChI=1S/C20H33NO3/c1-4-16(22)9-10-17-18-12-14(11-15(18)13-19(17)23)7-5-6-8-20(24)21(2)3/h9-11,15-19,22-23H,4-8,12-13H2,1-3H3/t15-,16+,17+,18-,19+/m0/s1. The van der Waals surface area contributed by atoms with Gasteiger partial charge in [-0.05, 0) is 50.4 Å². The van der Waals surface area contributed by atoms with Crippen LogP contribution in [0.1, 0.15) is 51.9 Å². The minimum absolute atomic E-state index is 0.167. The summed E-state index contributed by atoms with van der Waals surface area (Å²) in [6.45, 7) is 1.96. The number of allylic oxidation sites excluding steroid dienone is 2. The number of hydrogen-bond acceptors (Lipinski definition) is 3. The third-order valence-corrected chi connectivity index (χ3v) is 5.56. The van der Waals surface area contributed by atoms with Gasteiger partial charge in [0.2, 0.25) is 5.91 Å². The molecule has 0 heterocycles. The van der Waals surface area contributed by atoms with E-state index in [9.17, 15) is 15.0 Å². The van der Waals surface area contributed by atoms with E-state index < -0.39 is 6.10 Å². The summed E-state index contributed by atoms with van der Waals surface area (Å²) in [5.74, 6) is 1.33. The van der Waals surface area contributed by atoms with Crippen molar-refractivity contribution in [2.75, 3.05) is 14.1 Å². The van der Waals surface area contributed by atoms with Crippen molar-refractivity contribution < 1.29 is 15.0 Å². The maximum Gasteiger partial charge on any atom is 0.222 e. The van der Waals surface area contributed by atoms with Crippen LogP contribution in [-0.4, -0.2) is 47.3 Å². The van der Waals surface area contributed by atoms with E-state index in [1.54, 1.807) is 19.0 Å². The second kappa shape index (κ2) is 8.82. The van der Waals surface area contributed by atoms with Crippen LogP contribution < -0.4 is 0 Å². The number of amides is 1. The van der Waals surface area contributed by atoms with Gasteiger partial charge in [-0.3, -0.25) is 4.79 Å². The van der Waals surface area contributed by atoms with Gasteiger partial charge in [0.1, 0.15) is 0 Å². The van der Waals surface area contributed by atoms with Crippen molar-refractivity contribution in [2.24, 2.45) is 17.8 Å². The third-order valence-electron chi connectivity index (χ3n) is 5.56. The molecule has 2 rings (SSSR count). The molecule has 0 unspecified atom stereocenters. The third kappa shape index (κ3) is 4.93. The van der Waals surface area contributed by atoms with E-state index >= 15 is 0 Å². The van der Waals surface area contributed by atoms with E-state index in [0.717, 1.165) is 32.1 Å². The van der Waals surface area contributed by atoms with E-state index in [4.69, 9.17) is 0 Å². The Balaban J connectivity index is 1.79. The molecule has 4 nitrogen and oxygen atoms in total. The number of hydrogen-bond donors (Lipinski definition) is 2. The van der Waals surface area contributed by atoms with Gasteiger partial charge in [0.25, 0.3) is 0 Å². The van der Waals surface area contributed by atoms with Crippen LogP contribution in [0.4, 0.5) is 0 Å². The van der Waals surface area contributed by atoms with Gasteiger partial charge >= 0.3 is 0 Å². The average Bonchev–Trinajstić information content (AvgIpc) is 3.05. The lowest BCUT2D eigenvalue weighted by Gasteiger charge is -2.18. The molecule has 2 N–H and O–H groups in total. The van der Waals surface area contributed by atoms with Crippen molar-refractivity contribution in [3.05, 3.63) is 23.8 Å². The Bertz CT molecular complexity index is 483.